The number of hydrogen-bond acceptors (Lipinski definition) is 5. The van der Waals surface area contributed by atoms with Crippen LogP contribution in [-0.2, 0) is 11.3 Å². The molecule has 1 N–H and O–H groups in total. The molecule has 3 aromatic rings. The van der Waals surface area contributed by atoms with Gasteiger partial charge in [0, 0.05) is 38.4 Å². The number of carbonyl (C=O) groups excluding carboxylic acids is 1. The maximum atomic E-state index is 12.1. The molecule has 7 heteroatoms. The van der Waals surface area contributed by atoms with Crippen LogP contribution in [0.1, 0.15) is 12.1 Å². The molecule has 5 rings (SSSR count). The van der Waals surface area contributed by atoms with Gasteiger partial charge in [-0.25, -0.2) is 4.98 Å². The van der Waals surface area contributed by atoms with Gasteiger partial charge in [0.25, 0.3) is 5.91 Å². The number of amides is 1. The minimum absolute atomic E-state index is 0.0399. The number of rotatable bonds is 3. The maximum absolute atomic E-state index is 12.1. The first kappa shape index (κ1) is 18.1. The third-order valence-corrected chi connectivity index (χ3v) is 5.75. The van der Waals surface area contributed by atoms with E-state index in [9.17, 15) is 4.79 Å². The lowest BCUT2D eigenvalue weighted by atomic mass is 10.1. The molecule has 1 aromatic carbocycles. The number of anilines is 1. The molecule has 0 saturated carbocycles. The maximum Gasteiger partial charge on any atom is 0.264 e. The zero-order valence-electron chi connectivity index (χ0n) is 16.6. The molecule has 4 heterocycles. The molecule has 29 heavy (non-hydrogen) atoms. The Kier molecular flexibility index (Phi) is 4.69. The number of fused-ring (bicyclic) bond motifs is 2. The van der Waals surface area contributed by atoms with Gasteiger partial charge in [0.1, 0.15) is 11.4 Å². The quantitative estimate of drug-likeness (QED) is 0.741. The Hall–Kier alpha value is -2.90. The van der Waals surface area contributed by atoms with Crippen LogP contribution in [-0.4, -0.2) is 60.0 Å². The van der Waals surface area contributed by atoms with Gasteiger partial charge in [-0.2, -0.15) is 0 Å². The van der Waals surface area contributed by atoms with Gasteiger partial charge in [-0.05, 0) is 49.8 Å². The monoisotopic (exact) mass is 391 g/mol. The lowest BCUT2D eigenvalue weighted by molar-refractivity contribution is -0.120. The van der Waals surface area contributed by atoms with Crippen LogP contribution in [0.2, 0.25) is 0 Å². The fourth-order valence-corrected chi connectivity index (χ4v) is 4.12. The molecule has 7 nitrogen and oxygen atoms in total. The van der Waals surface area contributed by atoms with Crippen molar-refractivity contribution in [3.05, 3.63) is 48.3 Å². The van der Waals surface area contributed by atoms with E-state index in [2.05, 4.69) is 20.8 Å². The number of aromatic nitrogens is 2. The summed E-state index contributed by atoms with van der Waals surface area (Å²) in [5, 5.41) is 3.47. The minimum Gasteiger partial charge on any atom is -0.482 e. The third-order valence-electron chi connectivity index (χ3n) is 5.75. The van der Waals surface area contributed by atoms with E-state index in [4.69, 9.17) is 9.72 Å². The van der Waals surface area contributed by atoms with Crippen molar-refractivity contribution in [3.8, 4) is 17.0 Å². The van der Waals surface area contributed by atoms with Crippen molar-refractivity contribution < 1.29 is 9.53 Å². The van der Waals surface area contributed by atoms with Crippen LogP contribution in [0.4, 0.5) is 5.69 Å². The molecule has 2 aromatic heterocycles. The third kappa shape index (κ3) is 3.36. The molecular formula is C22H25N5O2. The van der Waals surface area contributed by atoms with E-state index >= 15 is 0 Å². The van der Waals surface area contributed by atoms with Gasteiger partial charge in [-0.1, -0.05) is 6.07 Å². The second-order valence-electron chi connectivity index (χ2n) is 7.64. The summed E-state index contributed by atoms with van der Waals surface area (Å²) in [5.41, 5.74) is 4.86. The number of imidazole rings is 1. The minimum atomic E-state index is -0.0399. The van der Waals surface area contributed by atoms with E-state index in [1.807, 2.05) is 36.4 Å². The van der Waals surface area contributed by atoms with Crippen molar-refractivity contribution in [2.75, 3.05) is 44.7 Å². The Labute approximate surface area is 169 Å². The highest BCUT2D eigenvalue weighted by molar-refractivity contribution is 5.98. The van der Waals surface area contributed by atoms with Crippen molar-refractivity contribution in [3.63, 3.8) is 0 Å². The van der Waals surface area contributed by atoms with Gasteiger partial charge in [0.05, 0.1) is 17.1 Å². The predicted octanol–water partition coefficient (Wildman–Crippen LogP) is 2.15. The predicted molar refractivity (Wildman–Crippen MR) is 112 cm³/mol. The Morgan fingerprint density at radius 1 is 1.17 bits per heavy atom. The smallest absolute Gasteiger partial charge is 0.264 e. The molecule has 0 aliphatic carbocycles. The zero-order chi connectivity index (χ0) is 19.8. The molecule has 0 bridgehead atoms. The van der Waals surface area contributed by atoms with Crippen LogP contribution >= 0.6 is 0 Å². The van der Waals surface area contributed by atoms with Gasteiger partial charge in [-0.15, -0.1) is 0 Å². The largest absolute Gasteiger partial charge is 0.482 e. The van der Waals surface area contributed by atoms with Crippen LogP contribution in [0.3, 0.4) is 0 Å². The van der Waals surface area contributed by atoms with Gasteiger partial charge < -0.3 is 19.4 Å². The van der Waals surface area contributed by atoms with Crippen molar-refractivity contribution in [1.82, 2.24) is 19.6 Å². The summed E-state index contributed by atoms with van der Waals surface area (Å²) in [6.45, 7) is 5.10. The summed E-state index contributed by atoms with van der Waals surface area (Å²) < 4.78 is 7.77. The number of hydrogen-bond donors (Lipinski definition) is 1. The fourth-order valence-electron chi connectivity index (χ4n) is 4.12. The Morgan fingerprint density at radius 3 is 3.03 bits per heavy atom. The molecule has 2 aliphatic heterocycles. The highest BCUT2D eigenvalue weighted by atomic mass is 16.5. The van der Waals surface area contributed by atoms with Crippen molar-refractivity contribution in [2.24, 2.45) is 0 Å². The van der Waals surface area contributed by atoms with Crippen molar-refractivity contribution in [1.29, 1.82) is 0 Å². The molecule has 1 amide bonds. The summed E-state index contributed by atoms with van der Waals surface area (Å²) in [5.74, 6) is 0.696. The van der Waals surface area contributed by atoms with Crippen LogP contribution in [0.25, 0.3) is 16.9 Å². The van der Waals surface area contributed by atoms with E-state index < -0.39 is 0 Å². The Morgan fingerprint density at radius 2 is 2.10 bits per heavy atom. The number of nitrogens with zero attached hydrogens (tertiary/aromatic N) is 4. The summed E-state index contributed by atoms with van der Waals surface area (Å²) in [6.07, 6.45) is 3.23. The molecule has 1 saturated heterocycles. The van der Waals surface area contributed by atoms with Crippen LogP contribution in [0.15, 0.2) is 42.6 Å². The highest BCUT2D eigenvalue weighted by Gasteiger charge is 2.24. The van der Waals surface area contributed by atoms with Crippen LogP contribution in [0, 0.1) is 0 Å². The molecule has 0 unspecified atom stereocenters. The van der Waals surface area contributed by atoms with Crippen LogP contribution < -0.4 is 15.0 Å². The molecule has 2 aliphatic rings. The first-order valence-electron chi connectivity index (χ1n) is 10.1. The average molecular weight is 391 g/mol. The van der Waals surface area contributed by atoms with Crippen molar-refractivity contribution in [2.45, 2.75) is 13.0 Å². The second-order valence-corrected chi connectivity index (χ2v) is 7.64. The van der Waals surface area contributed by atoms with Gasteiger partial charge in [-0.3, -0.25) is 9.69 Å². The van der Waals surface area contributed by atoms with E-state index in [1.165, 1.54) is 5.69 Å². The van der Waals surface area contributed by atoms with Gasteiger partial charge >= 0.3 is 0 Å². The SMILES string of the molecule is CN1C(=O)COc2ccc(-c3nc4ccccn4c3CN3CCCNCC3)cc21. The number of pyridine rings is 1. The molecule has 150 valence electrons. The summed E-state index contributed by atoms with van der Waals surface area (Å²) in [7, 11) is 1.79. The number of benzene rings is 1. The number of carbonyl (C=O) groups is 1. The molecule has 0 spiro atoms. The van der Waals surface area contributed by atoms with Crippen LogP contribution in [0.5, 0.6) is 5.75 Å². The van der Waals surface area contributed by atoms with Gasteiger partial charge in [0.15, 0.2) is 6.61 Å². The highest BCUT2D eigenvalue weighted by Crippen LogP contribution is 2.36. The van der Waals surface area contributed by atoms with E-state index in [-0.39, 0.29) is 12.5 Å². The number of nitrogens with one attached hydrogen (secondary N) is 1. The van der Waals surface area contributed by atoms with E-state index in [0.717, 1.165) is 67.5 Å². The fraction of sp³-hybridized carbons (Fsp3) is 0.364. The molecular weight excluding hydrogens is 366 g/mol. The molecule has 0 radical (unpaired) electrons. The van der Waals surface area contributed by atoms with Gasteiger partial charge in [0.2, 0.25) is 0 Å². The Balaban J connectivity index is 1.59. The molecule has 1 fully saturated rings. The summed E-state index contributed by atoms with van der Waals surface area (Å²) in [4.78, 5) is 21.2. The Bertz CT molecular complexity index is 1050. The molecule has 0 atom stereocenters. The van der Waals surface area contributed by atoms with Crippen molar-refractivity contribution >= 4 is 17.2 Å². The first-order chi connectivity index (χ1) is 14.2. The lowest BCUT2D eigenvalue weighted by Gasteiger charge is -2.26. The van der Waals surface area contributed by atoms with E-state index in [0.29, 0.717) is 0 Å². The normalized spacial score (nSPS) is 17.8. The standard InChI is InChI=1S/C22H25N5O2/c1-25-17-13-16(6-7-19(17)29-15-21(25)28)22-18(14-26-10-4-8-23-9-12-26)27-11-3-2-5-20(27)24-22/h2-3,5-7,11,13,23H,4,8-10,12,14-15H2,1H3. The first-order valence-corrected chi connectivity index (χ1v) is 10.1. The topological polar surface area (TPSA) is 62.1 Å². The van der Waals surface area contributed by atoms with E-state index in [1.54, 1.807) is 11.9 Å². The lowest BCUT2D eigenvalue weighted by Crippen LogP contribution is -2.35. The summed E-state index contributed by atoms with van der Waals surface area (Å²) in [6, 6.07) is 12.1. The average Bonchev–Trinajstić information content (AvgIpc) is 2.91. The number of likely N-dealkylation sites (N-methyl/N-ethyl adjacent to an activating group) is 1. The number of ether oxygens (including phenoxy) is 1. The summed E-state index contributed by atoms with van der Waals surface area (Å²) >= 11 is 0. The zero-order valence-corrected chi connectivity index (χ0v) is 16.6. The second kappa shape index (κ2) is 7.50.